The van der Waals surface area contributed by atoms with E-state index in [1.54, 1.807) is 79.7 Å². The fraction of sp³-hybridized carbons (Fsp3) is 0.304. The molecule has 0 atom stereocenters. The van der Waals surface area contributed by atoms with Crippen molar-refractivity contribution < 1.29 is 37.3 Å². The third-order valence-corrected chi connectivity index (χ3v) is 8.03. The number of carbonyl (C=O) groups excluding carboxylic acids is 4. The minimum absolute atomic E-state index is 0.263. The van der Waals surface area contributed by atoms with Crippen molar-refractivity contribution in [1.82, 2.24) is 14.7 Å². The van der Waals surface area contributed by atoms with Crippen LogP contribution in [-0.2, 0) is 37.3 Å². The van der Waals surface area contributed by atoms with Gasteiger partial charge in [-0.2, -0.15) is 0 Å². The molecular weight excluding hydrogens is 508 g/mol. The van der Waals surface area contributed by atoms with Crippen molar-refractivity contribution in [2.75, 3.05) is 40.3 Å². The number of carbonyl (C=O) groups is 4. The zero-order chi connectivity index (χ0) is 25.7. The molecule has 0 bridgehead atoms. The second kappa shape index (κ2) is 11.9. The quantitative estimate of drug-likeness (QED) is 0.511. The van der Waals surface area contributed by atoms with Crippen LogP contribution >= 0.6 is 16.8 Å². The van der Waals surface area contributed by atoms with Gasteiger partial charge in [0.2, 0.25) is 0 Å². The van der Waals surface area contributed by atoms with E-state index in [1.165, 1.54) is 9.80 Å². The molecule has 2 aromatic rings. The maximum absolute atomic E-state index is 12.7. The fourth-order valence-electron chi connectivity index (χ4n) is 3.82. The highest BCUT2D eigenvalue weighted by Crippen LogP contribution is 2.40. The van der Waals surface area contributed by atoms with Crippen LogP contribution in [0, 0.1) is 0 Å². The van der Waals surface area contributed by atoms with E-state index in [4.69, 9.17) is 18.1 Å². The van der Waals surface area contributed by atoms with Crippen molar-refractivity contribution in [3.8, 4) is 0 Å². The Bertz CT molecular complexity index is 982. The van der Waals surface area contributed by atoms with E-state index >= 15 is 0 Å². The number of hydrogen-bond acceptors (Lipinski definition) is 11. The van der Waals surface area contributed by atoms with Crippen LogP contribution in [0.5, 0.6) is 0 Å². The van der Waals surface area contributed by atoms with E-state index in [1.807, 2.05) is 0 Å². The van der Waals surface area contributed by atoms with Crippen LogP contribution in [0.3, 0.4) is 0 Å². The smallest absolute Gasteiger partial charge is 0.330 e. The van der Waals surface area contributed by atoms with Crippen LogP contribution in [0.2, 0.25) is 0 Å². The molecule has 2 heterocycles. The minimum Gasteiger partial charge on any atom is -0.402 e. The highest BCUT2D eigenvalue weighted by molar-refractivity contribution is 7.57. The van der Waals surface area contributed by atoms with Gasteiger partial charge in [-0.25, -0.2) is 0 Å². The Labute approximate surface area is 210 Å². The average molecular weight is 533 g/mol. The molecule has 0 amide bonds. The van der Waals surface area contributed by atoms with Crippen molar-refractivity contribution in [1.29, 1.82) is 0 Å². The first-order chi connectivity index (χ1) is 17.3. The van der Waals surface area contributed by atoms with E-state index in [2.05, 4.69) is 0 Å². The molecule has 36 heavy (non-hydrogen) atoms. The van der Waals surface area contributed by atoms with Crippen molar-refractivity contribution in [2.24, 2.45) is 0 Å². The second-order valence-corrected chi connectivity index (χ2v) is 11.0. The third-order valence-electron chi connectivity index (χ3n) is 5.12. The summed E-state index contributed by atoms with van der Waals surface area (Å²) >= 11 is 0. The van der Waals surface area contributed by atoms with Gasteiger partial charge in [-0.3, -0.25) is 33.9 Å². The lowest BCUT2D eigenvalue weighted by Crippen LogP contribution is -2.61. The zero-order valence-electron chi connectivity index (χ0n) is 19.7. The molecule has 2 aromatic carbocycles. The molecule has 2 aliphatic rings. The maximum atomic E-state index is 12.7. The summed E-state index contributed by atoms with van der Waals surface area (Å²) in [6, 6.07) is 17.5. The summed E-state index contributed by atoms with van der Waals surface area (Å²) in [7, 11) is -0.416. The summed E-state index contributed by atoms with van der Waals surface area (Å²) in [4.78, 5) is 55.6. The molecular formula is C23H25N3O8P2. The molecule has 2 fully saturated rings. The molecule has 0 aliphatic carbocycles. The molecule has 2 aliphatic heterocycles. The molecule has 0 N–H and O–H groups in total. The van der Waals surface area contributed by atoms with Crippen molar-refractivity contribution in [3.05, 3.63) is 60.7 Å². The molecule has 190 valence electrons. The van der Waals surface area contributed by atoms with Gasteiger partial charge < -0.3 is 18.1 Å². The normalized spacial score (nSPS) is 19.6. The van der Waals surface area contributed by atoms with Crippen LogP contribution < -0.4 is 10.6 Å². The molecule has 0 spiro atoms. The third kappa shape index (κ3) is 6.63. The Morgan fingerprint density at radius 2 is 0.917 bits per heavy atom. The number of benzene rings is 2. The van der Waals surface area contributed by atoms with Crippen LogP contribution in [-0.4, -0.2) is 85.1 Å². The van der Waals surface area contributed by atoms with Crippen molar-refractivity contribution >= 4 is 51.2 Å². The lowest BCUT2D eigenvalue weighted by molar-refractivity contribution is -0.156. The molecule has 0 radical (unpaired) electrons. The summed E-state index contributed by atoms with van der Waals surface area (Å²) in [6.45, 7) is -1.05. The Balaban J connectivity index is 1.50. The number of rotatable bonds is 5. The van der Waals surface area contributed by atoms with Crippen molar-refractivity contribution in [3.63, 3.8) is 0 Å². The van der Waals surface area contributed by atoms with E-state index in [0.29, 0.717) is 10.6 Å². The maximum Gasteiger partial charge on any atom is 0.330 e. The predicted molar refractivity (Wildman–Crippen MR) is 131 cm³/mol. The van der Waals surface area contributed by atoms with Crippen molar-refractivity contribution in [2.45, 2.75) is 6.29 Å². The highest BCUT2D eigenvalue weighted by atomic mass is 31.2. The molecule has 4 rings (SSSR count). The van der Waals surface area contributed by atoms with Gasteiger partial charge in [0, 0.05) is 0 Å². The van der Waals surface area contributed by atoms with E-state index in [9.17, 15) is 19.2 Å². The van der Waals surface area contributed by atoms with Crippen LogP contribution in [0.15, 0.2) is 60.7 Å². The van der Waals surface area contributed by atoms with E-state index in [-0.39, 0.29) is 26.2 Å². The summed E-state index contributed by atoms with van der Waals surface area (Å²) in [6.07, 6.45) is -0.813. The number of nitrogens with zero attached hydrogens (tertiary/aromatic N) is 3. The Morgan fingerprint density at radius 1 is 0.611 bits per heavy atom. The lowest BCUT2D eigenvalue weighted by atomic mass is 10.3. The minimum atomic E-state index is -1.91. The summed E-state index contributed by atoms with van der Waals surface area (Å²) in [5.74, 6) is -2.41. The zero-order valence-corrected chi connectivity index (χ0v) is 21.5. The standard InChI is InChI=1S/C23H25N3O8P2/c1-24(2)23(25-13-19(27)31-35(32-20(28)14-25)17-9-5-3-6-10-17)26-15-21(29)33-36(34-22(30)16-26)18-11-7-4-8-12-18/h3-12,23H,13-16H2,1-2H3. The summed E-state index contributed by atoms with van der Waals surface area (Å²) in [5, 5.41) is 1.19. The van der Waals surface area contributed by atoms with Gasteiger partial charge in [-0.05, 0) is 38.4 Å². The van der Waals surface area contributed by atoms with Gasteiger partial charge in [-0.1, -0.05) is 36.4 Å². The molecule has 0 unspecified atom stereocenters. The van der Waals surface area contributed by atoms with Gasteiger partial charge >= 0.3 is 40.6 Å². The van der Waals surface area contributed by atoms with Gasteiger partial charge in [0.05, 0.1) is 10.6 Å². The second-order valence-electron chi connectivity index (χ2n) is 8.16. The van der Waals surface area contributed by atoms with E-state index in [0.717, 1.165) is 0 Å². The largest absolute Gasteiger partial charge is 0.402 e. The first kappa shape index (κ1) is 26.1. The first-order valence-electron chi connectivity index (χ1n) is 11.0. The molecule has 0 aromatic heterocycles. The highest BCUT2D eigenvalue weighted by Gasteiger charge is 2.39. The topological polar surface area (TPSA) is 115 Å². The lowest BCUT2D eigenvalue weighted by Gasteiger charge is -2.42. The molecule has 0 saturated carbocycles. The van der Waals surface area contributed by atoms with Crippen LogP contribution in [0.4, 0.5) is 0 Å². The Hall–Kier alpha value is -2.94. The Kier molecular flexibility index (Phi) is 8.61. The molecule has 11 nitrogen and oxygen atoms in total. The van der Waals surface area contributed by atoms with E-state index < -0.39 is 46.9 Å². The van der Waals surface area contributed by atoms with Gasteiger partial charge in [0.25, 0.3) is 0 Å². The fourth-order valence-corrected chi connectivity index (χ4v) is 6.12. The number of hydrogen-bond donors (Lipinski definition) is 0. The molecule has 2 saturated heterocycles. The molecule has 13 heteroatoms. The van der Waals surface area contributed by atoms with Gasteiger partial charge in [-0.15, -0.1) is 0 Å². The van der Waals surface area contributed by atoms with Crippen LogP contribution in [0.1, 0.15) is 0 Å². The SMILES string of the molecule is CN(C)C(N1CC(=O)OP(c2ccccc2)OC(=O)C1)N1CC(=O)OP(c2ccccc2)OC(=O)C1. The van der Waals surface area contributed by atoms with Crippen LogP contribution in [0.25, 0.3) is 0 Å². The van der Waals surface area contributed by atoms with Gasteiger partial charge in [0.15, 0.2) is 0 Å². The summed E-state index contributed by atoms with van der Waals surface area (Å²) < 4.78 is 21.9. The average Bonchev–Trinajstić information content (AvgIpc) is 2.82. The first-order valence-corrected chi connectivity index (χ1v) is 13.3. The Morgan fingerprint density at radius 3 is 1.19 bits per heavy atom. The monoisotopic (exact) mass is 533 g/mol. The summed E-state index contributed by atoms with van der Waals surface area (Å²) in [5.41, 5.74) is 0. The predicted octanol–water partition coefficient (Wildman–Crippen LogP) is 0.910. The van der Waals surface area contributed by atoms with Gasteiger partial charge in [0.1, 0.15) is 32.5 Å².